The van der Waals surface area contributed by atoms with Crippen molar-refractivity contribution in [1.82, 2.24) is 10.2 Å². The maximum absolute atomic E-state index is 13.5. The molecule has 0 bridgehead atoms. The number of benzene rings is 2. The van der Waals surface area contributed by atoms with Gasteiger partial charge in [-0.15, -0.1) is 0 Å². The highest BCUT2D eigenvalue weighted by Gasteiger charge is 2.13. The summed E-state index contributed by atoms with van der Waals surface area (Å²) < 4.78 is 13.5. The van der Waals surface area contributed by atoms with Crippen molar-refractivity contribution in [2.75, 3.05) is 0 Å². The predicted molar refractivity (Wildman–Crippen MR) is 83.5 cm³/mol. The molecule has 0 aliphatic heterocycles. The molecular formula is C16H10ClFN2O3. The third-order valence-corrected chi connectivity index (χ3v) is 3.70. The molecular weight excluding hydrogens is 323 g/mol. The van der Waals surface area contributed by atoms with Crippen LogP contribution in [0.1, 0.15) is 21.6 Å². The van der Waals surface area contributed by atoms with E-state index >= 15 is 0 Å². The van der Waals surface area contributed by atoms with Crippen LogP contribution < -0.4 is 5.56 Å². The molecule has 2 N–H and O–H groups in total. The van der Waals surface area contributed by atoms with Gasteiger partial charge in [0, 0.05) is 16.8 Å². The van der Waals surface area contributed by atoms with E-state index < -0.39 is 17.3 Å². The van der Waals surface area contributed by atoms with Crippen LogP contribution in [-0.4, -0.2) is 21.3 Å². The van der Waals surface area contributed by atoms with Gasteiger partial charge < -0.3 is 5.11 Å². The molecule has 1 aromatic heterocycles. The highest BCUT2D eigenvalue weighted by Crippen LogP contribution is 2.21. The zero-order valence-electron chi connectivity index (χ0n) is 11.6. The number of nitrogens with zero attached hydrogens (tertiary/aromatic N) is 1. The fraction of sp³-hybridized carbons (Fsp3) is 0.0625. The molecule has 0 atom stereocenters. The number of nitrogens with one attached hydrogen (secondary N) is 1. The van der Waals surface area contributed by atoms with Crippen LogP contribution in [0.25, 0.3) is 10.8 Å². The Bertz CT molecular complexity index is 985. The van der Waals surface area contributed by atoms with E-state index in [-0.39, 0.29) is 12.0 Å². The standard InChI is InChI=1S/C16H10ClFN2O3/c17-9-2-3-10-11(7-9)14(19-20-15(10)21)6-8-1-4-13(18)12(5-8)16(22)23/h1-5,7H,6H2,(H,20,21)(H,22,23). The van der Waals surface area contributed by atoms with Crippen molar-refractivity contribution < 1.29 is 14.3 Å². The van der Waals surface area contributed by atoms with Crippen molar-refractivity contribution in [3.05, 3.63) is 74.4 Å². The number of aromatic nitrogens is 2. The molecule has 2 aromatic carbocycles. The fourth-order valence-electron chi connectivity index (χ4n) is 2.37. The first kappa shape index (κ1) is 15.2. The highest BCUT2D eigenvalue weighted by molar-refractivity contribution is 6.31. The Morgan fingerprint density at radius 1 is 1.22 bits per heavy atom. The Hall–Kier alpha value is -2.73. The molecule has 0 saturated heterocycles. The van der Waals surface area contributed by atoms with Crippen molar-refractivity contribution in [3.63, 3.8) is 0 Å². The Morgan fingerprint density at radius 2 is 2.00 bits per heavy atom. The lowest BCUT2D eigenvalue weighted by atomic mass is 10.0. The summed E-state index contributed by atoms with van der Waals surface area (Å²) in [6.07, 6.45) is 0.230. The van der Waals surface area contributed by atoms with Crippen LogP contribution in [0.2, 0.25) is 5.02 Å². The minimum Gasteiger partial charge on any atom is -0.478 e. The number of hydrogen-bond donors (Lipinski definition) is 2. The lowest BCUT2D eigenvalue weighted by Gasteiger charge is -2.07. The van der Waals surface area contributed by atoms with Gasteiger partial charge in [-0.1, -0.05) is 17.7 Å². The van der Waals surface area contributed by atoms with Crippen molar-refractivity contribution in [3.8, 4) is 0 Å². The van der Waals surface area contributed by atoms with E-state index in [4.69, 9.17) is 16.7 Å². The second-order valence-corrected chi connectivity index (χ2v) is 5.42. The number of halogens is 2. The molecule has 3 rings (SSSR count). The molecule has 5 nitrogen and oxygen atoms in total. The topological polar surface area (TPSA) is 83.0 Å². The van der Waals surface area contributed by atoms with Gasteiger partial charge in [-0.3, -0.25) is 4.79 Å². The van der Waals surface area contributed by atoms with Crippen molar-refractivity contribution in [1.29, 1.82) is 0 Å². The molecule has 0 aliphatic rings. The van der Waals surface area contributed by atoms with E-state index in [1.807, 2.05) is 0 Å². The molecule has 0 aliphatic carbocycles. The van der Waals surface area contributed by atoms with E-state index in [0.717, 1.165) is 6.07 Å². The number of rotatable bonds is 3. The summed E-state index contributed by atoms with van der Waals surface area (Å²) in [6.45, 7) is 0. The Labute approximate surface area is 134 Å². The molecule has 0 amide bonds. The average molecular weight is 333 g/mol. The van der Waals surface area contributed by atoms with Crippen LogP contribution in [0.3, 0.4) is 0 Å². The molecule has 23 heavy (non-hydrogen) atoms. The van der Waals surface area contributed by atoms with E-state index in [1.165, 1.54) is 12.1 Å². The van der Waals surface area contributed by atoms with Crippen LogP contribution in [-0.2, 0) is 6.42 Å². The molecule has 0 radical (unpaired) electrons. The zero-order chi connectivity index (χ0) is 16.6. The van der Waals surface area contributed by atoms with Crippen LogP contribution in [0.5, 0.6) is 0 Å². The number of hydrogen-bond acceptors (Lipinski definition) is 3. The summed E-state index contributed by atoms with van der Waals surface area (Å²) >= 11 is 5.97. The molecule has 3 aromatic rings. The van der Waals surface area contributed by atoms with Crippen molar-refractivity contribution >= 4 is 28.3 Å². The average Bonchev–Trinajstić information content (AvgIpc) is 2.51. The van der Waals surface area contributed by atoms with Crippen LogP contribution >= 0.6 is 11.6 Å². The van der Waals surface area contributed by atoms with E-state index in [0.29, 0.717) is 27.1 Å². The van der Waals surface area contributed by atoms with Gasteiger partial charge in [0.15, 0.2) is 0 Å². The normalized spacial score (nSPS) is 10.9. The molecule has 7 heteroatoms. The van der Waals surface area contributed by atoms with E-state index in [1.54, 1.807) is 18.2 Å². The maximum Gasteiger partial charge on any atom is 0.338 e. The number of carbonyl (C=O) groups is 1. The zero-order valence-corrected chi connectivity index (χ0v) is 12.4. The summed E-state index contributed by atoms with van der Waals surface area (Å²) in [5.74, 6) is -2.14. The number of carboxylic acids is 1. The van der Waals surface area contributed by atoms with Gasteiger partial charge in [0.1, 0.15) is 5.82 Å². The lowest BCUT2D eigenvalue weighted by Crippen LogP contribution is -2.11. The first-order chi connectivity index (χ1) is 11.0. The Kier molecular flexibility index (Phi) is 3.83. The monoisotopic (exact) mass is 332 g/mol. The smallest absolute Gasteiger partial charge is 0.338 e. The molecule has 1 heterocycles. The van der Waals surface area contributed by atoms with Gasteiger partial charge in [-0.25, -0.2) is 14.3 Å². The molecule has 0 saturated carbocycles. The van der Waals surface area contributed by atoms with E-state index in [9.17, 15) is 14.0 Å². The second-order valence-electron chi connectivity index (χ2n) is 4.99. The van der Waals surface area contributed by atoms with Gasteiger partial charge in [-0.05, 0) is 35.9 Å². The minimum atomic E-state index is -1.34. The minimum absolute atomic E-state index is 0.230. The Balaban J connectivity index is 2.10. The van der Waals surface area contributed by atoms with Gasteiger partial charge >= 0.3 is 5.97 Å². The van der Waals surface area contributed by atoms with E-state index in [2.05, 4.69) is 10.2 Å². The number of H-pyrrole nitrogens is 1. The first-order valence-electron chi connectivity index (χ1n) is 6.64. The van der Waals surface area contributed by atoms with Gasteiger partial charge in [0.05, 0.1) is 16.6 Å². The van der Waals surface area contributed by atoms with Gasteiger partial charge in [0.25, 0.3) is 5.56 Å². The van der Waals surface area contributed by atoms with Crippen molar-refractivity contribution in [2.24, 2.45) is 0 Å². The summed E-state index contributed by atoms with van der Waals surface area (Å²) in [5.41, 5.74) is 0.328. The lowest BCUT2D eigenvalue weighted by molar-refractivity contribution is 0.0691. The number of fused-ring (bicyclic) bond motifs is 1. The number of carboxylic acid groups (broad SMARTS) is 1. The van der Waals surface area contributed by atoms with Gasteiger partial charge in [0.2, 0.25) is 0 Å². The quantitative estimate of drug-likeness (QED) is 0.772. The highest BCUT2D eigenvalue weighted by atomic mass is 35.5. The van der Waals surface area contributed by atoms with Gasteiger partial charge in [-0.2, -0.15) is 5.10 Å². The third kappa shape index (κ3) is 2.93. The second kappa shape index (κ2) is 5.81. The summed E-state index contributed by atoms with van der Waals surface area (Å²) in [4.78, 5) is 22.8. The van der Waals surface area contributed by atoms with Crippen LogP contribution in [0.4, 0.5) is 4.39 Å². The number of aromatic carboxylic acids is 1. The fourth-order valence-corrected chi connectivity index (χ4v) is 2.54. The SMILES string of the molecule is O=C(O)c1cc(Cc2n[nH]c(=O)c3ccc(Cl)cc23)ccc1F. The Morgan fingerprint density at radius 3 is 2.74 bits per heavy atom. The summed E-state index contributed by atoms with van der Waals surface area (Å²) in [5, 5.41) is 16.8. The molecule has 0 fully saturated rings. The number of aromatic amines is 1. The third-order valence-electron chi connectivity index (χ3n) is 3.46. The first-order valence-corrected chi connectivity index (χ1v) is 7.02. The van der Waals surface area contributed by atoms with Crippen LogP contribution in [0.15, 0.2) is 41.2 Å². The summed E-state index contributed by atoms with van der Waals surface area (Å²) in [6, 6.07) is 8.64. The predicted octanol–water partition coefficient (Wildman–Crippen LogP) is 3.00. The van der Waals surface area contributed by atoms with Crippen LogP contribution in [0, 0.1) is 5.82 Å². The summed E-state index contributed by atoms with van der Waals surface area (Å²) in [7, 11) is 0. The molecule has 116 valence electrons. The molecule has 0 spiro atoms. The molecule has 0 unspecified atom stereocenters. The maximum atomic E-state index is 13.5. The largest absolute Gasteiger partial charge is 0.478 e. The van der Waals surface area contributed by atoms with Crippen molar-refractivity contribution in [2.45, 2.75) is 6.42 Å².